The van der Waals surface area contributed by atoms with E-state index >= 15 is 0 Å². The molecule has 1 N–H and O–H groups in total. The van der Waals surface area contributed by atoms with Crippen LogP contribution in [0.2, 0.25) is 10.0 Å². The maximum atomic E-state index is 6.16. The van der Waals surface area contributed by atoms with Gasteiger partial charge in [-0.1, -0.05) is 43.1 Å². The van der Waals surface area contributed by atoms with Gasteiger partial charge < -0.3 is 10.1 Å². The van der Waals surface area contributed by atoms with Crippen LogP contribution >= 0.6 is 23.2 Å². The van der Waals surface area contributed by atoms with E-state index in [0.717, 1.165) is 12.1 Å². The van der Waals surface area contributed by atoms with Gasteiger partial charge in [0.15, 0.2) is 0 Å². The van der Waals surface area contributed by atoms with Gasteiger partial charge in [-0.25, -0.2) is 4.98 Å². The summed E-state index contributed by atoms with van der Waals surface area (Å²) in [4.78, 5) is 4.18. The van der Waals surface area contributed by atoms with Crippen LogP contribution in [-0.2, 0) is 6.54 Å². The second-order valence-corrected chi connectivity index (χ2v) is 6.04. The molecule has 5 heteroatoms. The molecule has 0 atom stereocenters. The number of nitrogens with one attached hydrogen (secondary N) is 1. The molecule has 0 fully saturated rings. The molecule has 0 spiro atoms. The molecule has 21 heavy (non-hydrogen) atoms. The molecule has 3 nitrogen and oxygen atoms in total. The second kappa shape index (κ2) is 7.64. The molecule has 0 radical (unpaired) electrons. The van der Waals surface area contributed by atoms with Crippen molar-refractivity contribution in [3.8, 4) is 11.6 Å². The van der Waals surface area contributed by atoms with Gasteiger partial charge in [0, 0.05) is 23.8 Å². The molecule has 0 bridgehead atoms. The Hall–Kier alpha value is -1.29. The molecule has 2 aromatic rings. The van der Waals surface area contributed by atoms with E-state index in [9.17, 15) is 0 Å². The van der Waals surface area contributed by atoms with E-state index in [1.165, 1.54) is 0 Å². The highest BCUT2D eigenvalue weighted by Crippen LogP contribution is 2.25. The number of rotatable bonds is 6. The van der Waals surface area contributed by atoms with Crippen LogP contribution in [0.5, 0.6) is 11.6 Å². The van der Waals surface area contributed by atoms with Crippen molar-refractivity contribution in [2.75, 3.05) is 6.54 Å². The Morgan fingerprint density at radius 3 is 2.76 bits per heavy atom. The Balaban J connectivity index is 2.07. The van der Waals surface area contributed by atoms with Gasteiger partial charge in [-0.3, -0.25) is 0 Å². The fourth-order valence-corrected chi connectivity index (χ4v) is 2.15. The molecular weight excluding hydrogens is 307 g/mol. The maximum absolute atomic E-state index is 6.16. The quantitative estimate of drug-likeness (QED) is 0.818. The van der Waals surface area contributed by atoms with E-state index in [1.54, 1.807) is 18.3 Å². The number of hydrogen-bond acceptors (Lipinski definition) is 3. The van der Waals surface area contributed by atoms with Gasteiger partial charge in [0.05, 0.1) is 5.02 Å². The van der Waals surface area contributed by atoms with Crippen molar-refractivity contribution >= 4 is 23.2 Å². The van der Waals surface area contributed by atoms with Crippen LogP contribution in [0.1, 0.15) is 19.4 Å². The molecule has 112 valence electrons. The highest BCUT2D eigenvalue weighted by molar-refractivity contribution is 6.31. The third kappa shape index (κ3) is 5.20. The molecule has 1 aromatic carbocycles. The van der Waals surface area contributed by atoms with Crippen LogP contribution in [0.4, 0.5) is 0 Å². The van der Waals surface area contributed by atoms with Crippen LogP contribution in [0.15, 0.2) is 36.5 Å². The molecule has 0 aliphatic carbocycles. The SMILES string of the molecule is CC(C)CNCc1cc(Oc2cccc(Cl)c2)ncc1Cl. The average Bonchev–Trinajstić information content (AvgIpc) is 2.42. The van der Waals surface area contributed by atoms with Crippen molar-refractivity contribution in [2.24, 2.45) is 5.92 Å². The lowest BCUT2D eigenvalue weighted by atomic mass is 10.2. The van der Waals surface area contributed by atoms with Crippen LogP contribution in [0.25, 0.3) is 0 Å². The normalized spacial score (nSPS) is 10.9. The zero-order valence-corrected chi connectivity index (χ0v) is 13.6. The number of aromatic nitrogens is 1. The summed E-state index contributed by atoms with van der Waals surface area (Å²) in [6.45, 7) is 5.94. The third-order valence-corrected chi connectivity index (χ3v) is 3.37. The molecule has 2 rings (SSSR count). The Labute approximate surface area is 135 Å². The van der Waals surface area contributed by atoms with E-state index in [4.69, 9.17) is 27.9 Å². The van der Waals surface area contributed by atoms with E-state index in [2.05, 4.69) is 24.1 Å². The van der Waals surface area contributed by atoms with E-state index in [-0.39, 0.29) is 0 Å². The van der Waals surface area contributed by atoms with Crippen LogP contribution in [0.3, 0.4) is 0 Å². The number of benzene rings is 1. The van der Waals surface area contributed by atoms with Crippen LogP contribution in [0, 0.1) is 5.92 Å². The van der Waals surface area contributed by atoms with E-state index in [1.807, 2.05) is 18.2 Å². The topological polar surface area (TPSA) is 34.1 Å². The van der Waals surface area contributed by atoms with Gasteiger partial charge in [0.2, 0.25) is 5.88 Å². The lowest BCUT2D eigenvalue weighted by Gasteiger charge is -2.11. The first kappa shape index (κ1) is 16.1. The van der Waals surface area contributed by atoms with Gasteiger partial charge in [0.1, 0.15) is 5.75 Å². The predicted molar refractivity (Wildman–Crippen MR) is 87.3 cm³/mol. The average molecular weight is 325 g/mol. The molecular formula is C16H18Cl2N2O. The Kier molecular flexibility index (Phi) is 5.85. The number of ether oxygens (including phenoxy) is 1. The second-order valence-electron chi connectivity index (χ2n) is 5.20. The number of nitrogens with zero attached hydrogens (tertiary/aromatic N) is 1. The Bertz CT molecular complexity index is 603. The summed E-state index contributed by atoms with van der Waals surface area (Å²) in [6, 6.07) is 9.05. The van der Waals surface area contributed by atoms with Gasteiger partial charge >= 0.3 is 0 Å². The predicted octanol–water partition coefficient (Wildman–Crippen LogP) is 4.93. The monoisotopic (exact) mass is 324 g/mol. The Morgan fingerprint density at radius 2 is 2.05 bits per heavy atom. The number of halogens is 2. The lowest BCUT2D eigenvalue weighted by molar-refractivity contribution is 0.461. The molecule has 1 aromatic heterocycles. The first-order valence-electron chi connectivity index (χ1n) is 6.83. The maximum Gasteiger partial charge on any atom is 0.219 e. The molecule has 0 unspecified atom stereocenters. The van der Waals surface area contributed by atoms with Crippen molar-refractivity contribution in [3.63, 3.8) is 0 Å². The minimum Gasteiger partial charge on any atom is -0.439 e. The summed E-state index contributed by atoms with van der Waals surface area (Å²) in [5.41, 5.74) is 0.962. The summed E-state index contributed by atoms with van der Waals surface area (Å²) in [6.07, 6.45) is 1.60. The zero-order valence-electron chi connectivity index (χ0n) is 12.1. The first-order chi connectivity index (χ1) is 10.0. The standard InChI is InChI=1S/C16H18Cl2N2O/c1-11(2)8-19-9-12-6-16(20-10-15(12)18)21-14-5-3-4-13(17)7-14/h3-7,10-11,19H,8-9H2,1-2H3. The van der Waals surface area contributed by atoms with Crippen LogP contribution < -0.4 is 10.1 Å². The highest BCUT2D eigenvalue weighted by Gasteiger charge is 2.06. The van der Waals surface area contributed by atoms with Crippen molar-refractivity contribution in [2.45, 2.75) is 20.4 Å². The lowest BCUT2D eigenvalue weighted by Crippen LogP contribution is -2.19. The minimum absolute atomic E-state index is 0.503. The summed E-state index contributed by atoms with van der Waals surface area (Å²) < 4.78 is 5.70. The summed E-state index contributed by atoms with van der Waals surface area (Å²) in [5, 5.41) is 4.61. The molecule has 0 saturated carbocycles. The summed E-state index contributed by atoms with van der Waals surface area (Å²) >= 11 is 12.1. The van der Waals surface area contributed by atoms with Gasteiger partial charge in [-0.2, -0.15) is 0 Å². The van der Waals surface area contributed by atoms with E-state index < -0.39 is 0 Å². The number of hydrogen-bond donors (Lipinski definition) is 1. The third-order valence-electron chi connectivity index (χ3n) is 2.80. The zero-order chi connectivity index (χ0) is 15.2. The van der Waals surface area contributed by atoms with Gasteiger partial charge in [-0.15, -0.1) is 0 Å². The summed E-state index contributed by atoms with van der Waals surface area (Å²) in [5.74, 6) is 1.74. The van der Waals surface area contributed by atoms with E-state index in [0.29, 0.717) is 34.1 Å². The molecule has 1 heterocycles. The fraction of sp³-hybridized carbons (Fsp3) is 0.312. The first-order valence-corrected chi connectivity index (χ1v) is 7.58. The highest BCUT2D eigenvalue weighted by atomic mass is 35.5. The molecule has 0 saturated heterocycles. The molecule has 0 amide bonds. The van der Waals surface area contributed by atoms with Crippen LogP contribution in [-0.4, -0.2) is 11.5 Å². The van der Waals surface area contributed by atoms with Crippen molar-refractivity contribution < 1.29 is 4.74 Å². The Morgan fingerprint density at radius 1 is 1.24 bits per heavy atom. The van der Waals surface area contributed by atoms with Crippen molar-refractivity contribution in [1.29, 1.82) is 0 Å². The largest absolute Gasteiger partial charge is 0.439 e. The van der Waals surface area contributed by atoms with Gasteiger partial charge in [0.25, 0.3) is 0 Å². The summed E-state index contributed by atoms with van der Waals surface area (Å²) in [7, 11) is 0. The van der Waals surface area contributed by atoms with Gasteiger partial charge in [-0.05, 0) is 36.2 Å². The minimum atomic E-state index is 0.503. The molecule has 0 aliphatic rings. The fourth-order valence-electron chi connectivity index (χ4n) is 1.80. The van der Waals surface area contributed by atoms with Crippen molar-refractivity contribution in [3.05, 3.63) is 52.1 Å². The number of pyridine rings is 1. The molecule has 0 aliphatic heterocycles. The van der Waals surface area contributed by atoms with Crippen molar-refractivity contribution in [1.82, 2.24) is 10.3 Å². The smallest absolute Gasteiger partial charge is 0.219 e.